The van der Waals surface area contributed by atoms with Crippen molar-refractivity contribution in [2.75, 3.05) is 19.6 Å². The first-order chi connectivity index (χ1) is 13.8. The highest BCUT2D eigenvalue weighted by Crippen LogP contribution is 2.44. The number of nitrogens with zero attached hydrogens (tertiary/aromatic N) is 1. The number of benzene rings is 2. The van der Waals surface area contributed by atoms with E-state index in [1.54, 1.807) is 0 Å². The van der Waals surface area contributed by atoms with Crippen molar-refractivity contribution in [3.63, 3.8) is 0 Å². The van der Waals surface area contributed by atoms with Crippen LogP contribution in [0.25, 0.3) is 0 Å². The molecule has 29 heavy (non-hydrogen) atoms. The summed E-state index contributed by atoms with van der Waals surface area (Å²) < 4.78 is 6.36. The van der Waals surface area contributed by atoms with Gasteiger partial charge in [0, 0.05) is 31.6 Å². The SMILES string of the molecule is CC(C)(C)c1ccc(C(O)CN2CCC3(CC2)CC(O)c2ccccc2O3)cc1. The van der Waals surface area contributed by atoms with Gasteiger partial charge in [0.2, 0.25) is 0 Å². The zero-order valence-corrected chi connectivity index (χ0v) is 17.8. The van der Waals surface area contributed by atoms with Crippen LogP contribution in [-0.2, 0) is 5.41 Å². The molecular weight excluding hydrogens is 362 g/mol. The molecule has 0 aliphatic carbocycles. The minimum atomic E-state index is -0.489. The number of β-amino-alcohol motifs (C(OH)–C–C–N with tert-alkyl or cyclic N) is 1. The molecule has 1 fully saturated rings. The average molecular weight is 396 g/mol. The molecule has 1 spiro atoms. The molecule has 2 aliphatic heterocycles. The number of hydrogen-bond acceptors (Lipinski definition) is 4. The fraction of sp³-hybridized carbons (Fsp3) is 0.520. The van der Waals surface area contributed by atoms with E-state index >= 15 is 0 Å². The van der Waals surface area contributed by atoms with Crippen LogP contribution in [0.5, 0.6) is 5.75 Å². The minimum absolute atomic E-state index is 0.119. The third-order valence-corrected chi connectivity index (χ3v) is 6.53. The van der Waals surface area contributed by atoms with Gasteiger partial charge in [0.1, 0.15) is 11.4 Å². The van der Waals surface area contributed by atoms with Gasteiger partial charge in [0.05, 0.1) is 12.2 Å². The number of hydrogen-bond donors (Lipinski definition) is 2. The molecular formula is C25H33NO3. The third-order valence-electron chi connectivity index (χ3n) is 6.53. The van der Waals surface area contributed by atoms with Crippen LogP contribution in [0, 0.1) is 0 Å². The Bertz CT molecular complexity index is 832. The van der Waals surface area contributed by atoms with Crippen LogP contribution in [0.2, 0.25) is 0 Å². The predicted octanol–water partition coefficient (Wildman–Crippen LogP) is 4.37. The molecule has 156 valence electrons. The molecule has 0 bridgehead atoms. The zero-order chi connectivity index (χ0) is 20.6. The number of rotatable bonds is 3. The second kappa shape index (κ2) is 7.75. The van der Waals surface area contributed by atoms with E-state index in [1.165, 1.54) is 5.56 Å². The smallest absolute Gasteiger partial charge is 0.125 e. The fourth-order valence-corrected chi connectivity index (χ4v) is 4.59. The summed E-state index contributed by atoms with van der Waals surface area (Å²) in [6.07, 6.45) is 1.44. The first-order valence-corrected chi connectivity index (χ1v) is 10.7. The summed E-state index contributed by atoms with van der Waals surface area (Å²) in [5.74, 6) is 0.818. The third kappa shape index (κ3) is 4.35. The Morgan fingerprint density at radius 3 is 2.38 bits per heavy atom. The van der Waals surface area contributed by atoms with Crippen molar-refractivity contribution in [1.82, 2.24) is 4.90 Å². The van der Waals surface area contributed by atoms with Gasteiger partial charge in [-0.15, -0.1) is 0 Å². The molecule has 2 aromatic rings. The first kappa shape index (κ1) is 20.4. The van der Waals surface area contributed by atoms with Gasteiger partial charge in [-0.1, -0.05) is 63.2 Å². The predicted molar refractivity (Wildman–Crippen MR) is 115 cm³/mol. The summed E-state index contributed by atoms with van der Waals surface area (Å²) in [6.45, 7) is 8.96. The van der Waals surface area contributed by atoms with E-state index in [0.29, 0.717) is 13.0 Å². The minimum Gasteiger partial charge on any atom is -0.487 e. The molecule has 4 heteroatoms. The van der Waals surface area contributed by atoms with Crippen molar-refractivity contribution in [3.05, 3.63) is 65.2 Å². The van der Waals surface area contributed by atoms with E-state index in [-0.39, 0.29) is 11.0 Å². The first-order valence-electron chi connectivity index (χ1n) is 10.7. The zero-order valence-electron chi connectivity index (χ0n) is 17.8. The molecule has 4 rings (SSSR count). The summed E-state index contributed by atoms with van der Waals surface area (Å²) in [5.41, 5.74) is 2.98. The Hall–Kier alpha value is -1.88. The largest absolute Gasteiger partial charge is 0.487 e. The highest BCUT2D eigenvalue weighted by molar-refractivity contribution is 5.38. The summed E-state index contributed by atoms with van der Waals surface area (Å²) in [5, 5.41) is 21.3. The topological polar surface area (TPSA) is 52.9 Å². The molecule has 1 saturated heterocycles. The van der Waals surface area contributed by atoms with Crippen LogP contribution in [0.4, 0.5) is 0 Å². The Kier molecular flexibility index (Phi) is 5.45. The number of para-hydroxylation sites is 1. The maximum Gasteiger partial charge on any atom is 0.125 e. The maximum atomic E-state index is 10.7. The van der Waals surface area contributed by atoms with Crippen LogP contribution in [0.15, 0.2) is 48.5 Å². The van der Waals surface area contributed by atoms with Gasteiger partial charge >= 0.3 is 0 Å². The van der Waals surface area contributed by atoms with Gasteiger partial charge in [-0.25, -0.2) is 0 Å². The van der Waals surface area contributed by atoms with Crippen LogP contribution in [0.1, 0.15) is 68.9 Å². The molecule has 0 saturated carbocycles. The van der Waals surface area contributed by atoms with E-state index in [9.17, 15) is 10.2 Å². The maximum absolute atomic E-state index is 10.7. The second-order valence-electron chi connectivity index (χ2n) is 9.73. The highest BCUT2D eigenvalue weighted by atomic mass is 16.5. The van der Waals surface area contributed by atoms with Gasteiger partial charge in [-0.3, -0.25) is 0 Å². The van der Waals surface area contributed by atoms with E-state index in [2.05, 4.69) is 37.8 Å². The highest BCUT2D eigenvalue weighted by Gasteiger charge is 2.42. The Labute approximate surface area is 174 Å². The molecule has 2 heterocycles. The van der Waals surface area contributed by atoms with Crippen LogP contribution < -0.4 is 4.74 Å². The molecule has 2 atom stereocenters. The second-order valence-corrected chi connectivity index (χ2v) is 9.73. The van der Waals surface area contributed by atoms with Crippen molar-refractivity contribution in [1.29, 1.82) is 0 Å². The monoisotopic (exact) mass is 395 g/mol. The Morgan fingerprint density at radius 1 is 1.07 bits per heavy atom. The number of ether oxygens (including phenoxy) is 1. The number of aliphatic hydroxyl groups excluding tert-OH is 2. The Morgan fingerprint density at radius 2 is 1.72 bits per heavy atom. The number of piperidine rings is 1. The Balaban J connectivity index is 1.36. The van der Waals surface area contributed by atoms with Crippen molar-refractivity contribution < 1.29 is 14.9 Å². The van der Waals surface area contributed by atoms with Gasteiger partial charge in [0.15, 0.2) is 0 Å². The van der Waals surface area contributed by atoms with Crippen molar-refractivity contribution >= 4 is 0 Å². The number of fused-ring (bicyclic) bond motifs is 1. The molecule has 4 nitrogen and oxygen atoms in total. The molecule has 0 amide bonds. The molecule has 2 unspecified atom stereocenters. The lowest BCUT2D eigenvalue weighted by Gasteiger charge is -2.46. The fourth-order valence-electron chi connectivity index (χ4n) is 4.59. The normalized spacial score (nSPS) is 22.7. The van der Waals surface area contributed by atoms with Crippen LogP contribution >= 0.6 is 0 Å². The molecule has 2 aliphatic rings. The summed E-state index contributed by atoms with van der Waals surface area (Å²) in [4.78, 5) is 2.31. The summed E-state index contributed by atoms with van der Waals surface area (Å²) in [7, 11) is 0. The summed E-state index contributed by atoms with van der Waals surface area (Å²) in [6, 6.07) is 16.2. The standard InChI is InChI=1S/C25H33NO3/c1-24(2,3)19-10-8-18(9-11-19)22(28)17-26-14-12-25(13-15-26)16-21(27)20-6-4-5-7-23(20)29-25/h4-11,21-22,27-28H,12-17H2,1-3H3. The number of aliphatic hydroxyl groups is 2. The summed E-state index contributed by atoms with van der Waals surface area (Å²) >= 11 is 0. The van der Waals surface area contributed by atoms with Gasteiger partial charge in [-0.2, -0.15) is 0 Å². The molecule has 2 N–H and O–H groups in total. The van der Waals surface area contributed by atoms with E-state index in [4.69, 9.17) is 4.74 Å². The van der Waals surface area contributed by atoms with E-state index in [1.807, 2.05) is 36.4 Å². The lowest BCUT2D eigenvalue weighted by molar-refractivity contribution is -0.0587. The van der Waals surface area contributed by atoms with Crippen molar-refractivity contribution in [3.8, 4) is 5.75 Å². The quantitative estimate of drug-likeness (QED) is 0.810. The average Bonchev–Trinajstić information content (AvgIpc) is 2.69. The number of likely N-dealkylation sites (tertiary alicyclic amines) is 1. The van der Waals surface area contributed by atoms with Crippen molar-refractivity contribution in [2.24, 2.45) is 0 Å². The van der Waals surface area contributed by atoms with Gasteiger partial charge in [0.25, 0.3) is 0 Å². The van der Waals surface area contributed by atoms with E-state index < -0.39 is 12.2 Å². The van der Waals surface area contributed by atoms with Crippen LogP contribution in [0.3, 0.4) is 0 Å². The van der Waals surface area contributed by atoms with Crippen molar-refractivity contribution in [2.45, 2.75) is 63.3 Å². The molecule has 0 radical (unpaired) electrons. The van der Waals surface area contributed by atoms with Crippen LogP contribution in [-0.4, -0.2) is 40.3 Å². The molecule has 2 aromatic carbocycles. The van der Waals surface area contributed by atoms with Gasteiger partial charge in [-0.05, 0) is 35.4 Å². The van der Waals surface area contributed by atoms with E-state index in [0.717, 1.165) is 42.8 Å². The lowest BCUT2D eigenvalue weighted by Crippen LogP contribution is -2.51. The van der Waals surface area contributed by atoms with Gasteiger partial charge < -0.3 is 19.8 Å². The molecule has 0 aromatic heterocycles. The lowest BCUT2D eigenvalue weighted by atomic mass is 9.81.